The number of nitrogens with one attached hydrogen (secondary N) is 1. The largest absolute Gasteiger partial charge is 0.459 e. The molecule has 6 nitrogen and oxygen atoms in total. The van der Waals surface area contributed by atoms with E-state index >= 15 is 0 Å². The van der Waals surface area contributed by atoms with Crippen molar-refractivity contribution in [3.63, 3.8) is 0 Å². The highest BCUT2D eigenvalue weighted by Crippen LogP contribution is 2.44. The lowest BCUT2D eigenvalue weighted by atomic mass is 9.98. The SMILES string of the molecule is CC.O=C(N[C@@H](CCCO)C(=O)OCc1ccccc1)OCC1c2ccccc2-c2ccccc21. The second-order valence-electron chi connectivity index (χ2n) is 7.98. The summed E-state index contributed by atoms with van der Waals surface area (Å²) in [5, 5.41) is 11.8. The average molecular weight is 476 g/mol. The summed E-state index contributed by atoms with van der Waals surface area (Å²) in [4.78, 5) is 25.1. The molecule has 1 aliphatic carbocycles. The van der Waals surface area contributed by atoms with Crippen molar-refractivity contribution >= 4 is 12.1 Å². The predicted molar refractivity (Wildman–Crippen MR) is 136 cm³/mol. The van der Waals surface area contributed by atoms with E-state index in [0.29, 0.717) is 6.42 Å². The highest BCUT2D eigenvalue weighted by atomic mass is 16.6. The topological polar surface area (TPSA) is 84.9 Å². The van der Waals surface area contributed by atoms with Gasteiger partial charge >= 0.3 is 12.1 Å². The average Bonchev–Trinajstić information content (AvgIpc) is 3.24. The van der Waals surface area contributed by atoms with Gasteiger partial charge in [-0.3, -0.25) is 0 Å². The summed E-state index contributed by atoms with van der Waals surface area (Å²) in [5.41, 5.74) is 5.38. The molecule has 35 heavy (non-hydrogen) atoms. The molecule has 1 amide bonds. The zero-order valence-corrected chi connectivity index (χ0v) is 20.3. The Balaban J connectivity index is 0.00000167. The van der Waals surface area contributed by atoms with Gasteiger partial charge in [0.25, 0.3) is 0 Å². The zero-order valence-electron chi connectivity index (χ0n) is 20.3. The molecule has 1 aliphatic rings. The van der Waals surface area contributed by atoms with Gasteiger partial charge in [0.05, 0.1) is 0 Å². The number of alkyl carbamates (subject to hydrolysis) is 1. The summed E-state index contributed by atoms with van der Waals surface area (Å²) in [6, 6.07) is 24.6. The van der Waals surface area contributed by atoms with Crippen molar-refractivity contribution in [1.82, 2.24) is 5.32 Å². The molecule has 0 fully saturated rings. The van der Waals surface area contributed by atoms with Gasteiger partial charge in [0, 0.05) is 12.5 Å². The Morgan fingerprint density at radius 1 is 0.857 bits per heavy atom. The van der Waals surface area contributed by atoms with Crippen molar-refractivity contribution in [3.05, 3.63) is 95.6 Å². The number of esters is 1. The van der Waals surface area contributed by atoms with Crippen LogP contribution < -0.4 is 5.32 Å². The van der Waals surface area contributed by atoms with Crippen LogP contribution in [0.2, 0.25) is 0 Å². The van der Waals surface area contributed by atoms with Crippen molar-refractivity contribution in [2.75, 3.05) is 13.2 Å². The van der Waals surface area contributed by atoms with Crippen LogP contribution in [0.15, 0.2) is 78.9 Å². The van der Waals surface area contributed by atoms with Crippen LogP contribution in [0, 0.1) is 0 Å². The Morgan fingerprint density at radius 2 is 1.43 bits per heavy atom. The molecular weight excluding hydrogens is 442 g/mol. The highest BCUT2D eigenvalue weighted by molar-refractivity contribution is 5.82. The van der Waals surface area contributed by atoms with Crippen LogP contribution in [-0.4, -0.2) is 36.4 Å². The Kier molecular flexibility index (Phi) is 9.87. The fourth-order valence-electron chi connectivity index (χ4n) is 4.16. The molecule has 3 aromatic rings. The second kappa shape index (κ2) is 13.3. The van der Waals surface area contributed by atoms with Crippen molar-refractivity contribution in [3.8, 4) is 11.1 Å². The summed E-state index contributed by atoms with van der Waals surface area (Å²) in [6.07, 6.45) is -0.0697. The number of aliphatic hydroxyl groups is 1. The third kappa shape index (κ3) is 6.70. The van der Waals surface area contributed by atoms with E-state index in [-0.39, 0.29) is 32.2 Å². The third-order valence-corrected chi connectivity index (χ3v) is 5.80. The third-order valence-electron chi connectivity index (χ3n) is 5.80. The minimum Gasteiger partial charge on any atom is -0.459 e. The number of hydrogen-bond donors (Lipinski definition) is 2. The van der Waals surface area contributed by atoms with E-state index < -0.39 is 18.1 Å². The maximum absolute atomic E-state index is 12.6. The van der Waals surface area contributed by atoms with Gasteiger partial charge in [-0.05, 0) is 40.7 Å². The summed E-state index contributed by atoms with van der Waals surface area (Å²) in [7, 11) is 0. The maximum Gasteiger partial charge on any atom is 0.407 e. The Morgan fingerprint density at radius 3 is 2.03 bits per heavy atom. The van der Waals surface area contributed by atoms with Gasteiger partial charge in [-0.1, -0.05) is 92.7 Å². The van der Waals surface area contributed by atoms with Crippen LogP contribution >= 0.6 is 0 Å². The van der Waals surface area contributed by atoms with Crippen molar-refractivity contribution < 1.29 is 24.2 Å². The first-order chi connectivity index (χ1) is 17.2. The van der Waals surface area contributed by atoms with Gasteiger partial charge in [-0.15, -0.1) is 0 Å². The molecule has 0 radical (unpaired) electrons. The van der Waals surface area contributed by atoms with Crippen LogP contribution in [-0.2, 0) is 20.9 Å². The lowest BCUT2D eigenvalue weighted by Crippen LogP contribution is -2.42. The minimum absolute atomic E-state index is 0.0657. The number of carbonyl (C=O) groups excluding carboxylic acids is 2. The molecule has 0 bridgehead atoms. The number of fused-ring (bicyclic) bond motifs is 3. The molecule has 0 aromatic heterocycles. The van der Waals surface area contributed by atoms with Crippen molar-refractivity contribution in [1.29, 1.82) is 0 Å². The number of benzene rings is 3. The van der Waals surface area contributed by atoms with E-state index in [2.05, 4.69) is 17.4 Å². The lowest BCUT2D eigenvalue weighted by molar-refractivity contribution is -0.147. The van der Waals surface area contributed by atoms with Crippen LogP contribution in [0.1, 0.15) is 49.3 Å². The van der Waals surface area contributed by atoms with E-state index in [1.807, 2.05) is 80.6 Å². The molecule has 4 rings (SSSR count). The molecule has 0 spiro atoms. The number of hydrogen-bond acceptors (Lipinski definition) is 5. The molecule has 0 unspecified atom stereocenters. The Labute approximate surface area is 206 Å². The van der Waals surface area contributed by atoms with Crippen LogP contribution in [0.3, 0.4) is 0 Å². The van der Waals surface area contributed by atoms with Crippen LogP contribution in [0.25, 0.3) is 11.1 Å². The maximum atomic E-state index is 12.6. The first-order valence-electron chi connectivity index (χ1n) is 12.1. The first-order valence-corrected chi connectivity index (χ1v) is 12.1. The monoisotopic (exact) mass is 475 g/mol. The highest BCUT2D eigenvalue weighted by Gasteiger charge is 2.30. The summed E-state index contributed by atoms with van der Waals surface area (Å²) in [5.74, 6) is -0.620. The van der Waals surface area contributed by atoms with E-state index in [1.54, 1.807) is 0 Å². The smallest absolute Gasteiger partial charge is 0.407 e. The zero-order chi connectivity index (χ0) is 25.0. The molecule has 184 valence electrons. The summed E-state index contributed by atoms with van der Waals surface area (Å²) in [6.45, 7) is 4.18. The van der Waals surface area contributed by atoms with Crippen molar-refractivity contribution in [2.45, 2.75) is 45.3 Å². The molecule has 1 atom stereocenters. The number of aliphatic hydroxyl groups excluding tert-OH is 1. The van der Waals surface area contributed by atoms with Gasteiger partial charge in [-0.2, -0.15) is 0 Å². The summed E-state index contributed by atoms with van der Waals surface area (Å²) < 4.78 is 10.9. The van der Waals surface area contributed by atoms with Gasteiger partial charge in [0.1, 0.15) is 19.3 Å². The standard InChI is InChI=1S/C27H27NO5.C2H6/c29-16-8-15-25(26(30)32-17-19-9-2-1-3-10-19)28-27(31)33-18-24-22-13-6-4-11-20(22)21-12-5-7-14-23(21)24;1-2/h1-7,9-14,24-25,29H,8,15-18H2,(H,28,31);1-2H3/t25-;/m0./s1. The minimum atomic E-state index is -0.892. The molecule has 0 saturated carbocycles. The van der Waals surface area contributed by atoms with Gasteiger partial charge in [-0.25, -0.2) is 9.59 Å². The van der Waals surface area contributed by atoms with E-state index in [0.717, 1.165) is 27.8 Å². The summed E-state index contributed by atoms with van der Waals surface area (Å²) >= 11 is 0. The lowest BCUT2D eigenvalue weighted by Gasteiger charge is -2.19. The number of rotatable bonds is 9. The van der Waals surface area contributed by atoms with Gasteiger partial charge in [0.15, 0.2) is 0 Å². The van der Waals surface area contributed by atoms with Gasteiger partial charge < -0.3 is 19.9 Å². The Hall–Kier alpha value is -3.64. The van der Waals surface area contributed by atoms with Crippen molar-refractivity contribution in [2.24, 2.45) is 0 Å². The molecule has 0 heterocycles. The number of carbonyl (C=O) groups is 2. The molecule has 0 aliphatic heterocycles. The molecule has 2 N–H and O–H groups in total. The quantitative estimate of drug-likeness (QED) is 0.403. The van der Waals surface area contributed by atoms with E-state index in [1.165, 1.54) is 0 Å². The normalized spacial score (nSPS) is 12.4. The molecule has 0 saturated heterocycles. The number of ether oxygens (including phenoxy) is 2. The number of amides is 1. The molecule has 6 heteroatoms. The second-order valence-corrected chi connectivity index (χ2v) is 7.98. The molecular formula is C29H33NO5. The van der Waals surface area contributed by atoms with E-state index in [4.69, 9.17) is 9.47 Å². The fourth-order valence-corrected chi connectivity index (χ4v) is 4.16. The predicted octanol–water partition coefficient (Wildman–Crippen LogP) is 5.44. The first kappa shape index (κ1) is 26.0. The fraction of sp³-hybridized carbons (Fsp3) is 0.310. The van der Waals surface area contributed by atoms with Crippen LogP contribution in [0.5, 0.6) is 0 Å². The van der Waals surface area contributed by atoms with Crippen LogP contribution in [0.4, 0.5) is 4.79 Å². The van der Waals surface area contributed by atoms with E-state index in [9.17, 15) is 14.7 Å². The van der Waals surface area contributed by atoms with Gasteiger partial charge in [0.2, 0.25) is 0 Å². The molecule has 3 aromatic carbocycles. The Bertz CT molecular complexity index is 1050.